The van der Waals surface area contributed by atoms with Gasteiger partial charge in [-0.2, -0.15) is 0 Å². The Hall–Kier alpha value is -3.00. The molecule has 0 saturated heterocycles. The van der Waals surface area contributed by atoms with Crippen molar-refractivity contribution in [3.8, 4) is 11.5 Å². The first-order valence-corrected chi connectivity index (χ1v) is 10.8. The lowest BCUT2D eigenvalue weighted by Gasteiger charge is -2.39. The molecule has 0 bridgehead atoms. The fraction of sp³-hybridized carbons (Fsp3) is 0.391. The Morgan fingerprint density at radius 3 is 2.45 bits per heavy atom. The van der Waals surface area contributed by atoms with Gasteiger partial charge < -0.3 is 30.3 Å². The van der Waals surface area contributed by atoms with Crippen molar-refractivity contribution < 1.29 is 14.3 Å². The lowest BCUT2D eigenvalue weighted by molar-refractivity contribution is 0.242. The number of carbonyl (C=O) groups is 1. The van der Waals surface area contributed by atoms with Crippen molar-refractivity contribution >= 4 is 29.0 Å². The van der Waals surface area contributed by atoms with E-state index in [1.54, 1.807) is 14.2 Å². The number of urea groups is 1. The van der Waals surface area contributed by atoms with Gasteiger partial charge in [0.15, 0.2) is 16.6 Å². The summed E-state index contributed by atoms with van der Waals surface area (Å²) < 4.78 is 11.0. The molecule has 0 spiro atoms. The Morgan fingerprint density at radius 1 is 1.13 bits per heavy atom. The number of methoxy groups -OCH3 is 2. The highest BCUT2D eigenvalue weighted by Gasteiger charge is 2.31. The van der Waals surface area contributed by atoms with Crippen LogP contribution in [0.1, 0.15) is 29.7 Å². The van der Waals surface area contributed by atoms with E-state index in [0.717, 1.165) is 36.3 Å². The van der Waals surface area contributed by atoms with E-state index in [-0.39, 0.29) is 12.1 Å². The molecule has 0 saturated carbocycles. The van der Waals surface area contributed by atoms with E-state index < -0.39 is 0 Å². The van der Waals surface area contributed by atoms with Crippen LogP contribution in [0.15, 0.2) is 36.4 Å². The number of hydrogen-bond donors (Lipinski definition) is 3. The van der Waals surface area contributed by atoms with Crippen molar-refractivity contribution in [2.75, 3.05) is 39.2 Å². The molecule has 2 aromatic carbocycles. The van der Waals surface area contributed by atoms with E-state index >= 15 is 0 Å². The number of carbonyl (C=O) groups excluding carboxylic acids is 1. The SMILES string of the molecule is CCNC(=S)N1CCc2cc(OC)c(OC)cc2C1CNC(=O)Nc1ccc(C)cc1. The minimum absolute atomic E-state index is 0.126. The second-order valence-electron chi connectivity index (χ2n) is 7.40. The lowest BCUT2D eigenvalue weighted by Crippen LogP contribution is -2.49. The van der Waals surface area contributed by atoms with Crippen LogP contribution in [0.25, 0.3) is 0 Å². The Kier molecular flexibility index (Phi) is 7.57. The molecular weight excluding hydrogens is 412 g/mol. The average molecular weight is 443 g/mol. The number of fused-ring (bicyclic) bond motifs is 1. The first-order chi connectivity index (χ1) is 15.0. The van der Waals surface area contributed by atoms with Gasteiger partial charge in [-0.25, -0.2) is 4.79 Å². The van der Waals surface area contributed by atoms with E-state index in [1.807, 2.05) is 50.2 Å². The van der Waals surface area contributed by atoms with Crippen molar-refractivity contribution in [3.05, 3.63) is 53.1 Å². The second-order valence-corrected chi connectivity index (χ2v) is 7.79. The molecule has 2 amide bonds. The van der Waals surface area contributed by atoms with Crippen molar-refractivity contribution in [1.82, 2.24) is 15.5 Å². The normalized spacial score (nSPS) is 15.0. The summed E-state index contributed by atoms with van der Waals surface area (Å²) in [5, 5.41) is 9.79. The topological polar surface area (TPSA) is 74.9 Å². The maximum Gasteiger partial charge on any atom is 0.319 e. The van der Waals surface area contributed by atoms with E-state index in [4.69, 9.17) is 21.7 Å². The number of nitrogens with zero attached hydrogens (tertiary/aromatic N) is 1. The number of thiocarbonyl (C=S) groups is 1. The molecule has 0 aromatic heterocycles. The van der Waals surface area contributed by atoms with Crippen LogP contribution in [0, 0.1) is 6.92 Å². The van der Waals surface area contributed by atoms with Gasteiger partial charge in [0.1, 0.15) is 0 Å². The molecule has 1 aliphatic heterocycles. The van der Waals surface area contributed by atoms with Gasteiger partial charge in [-0.15, -0.1) is 0 Å². The monoisotopic (exact) mass is 442 g/mol. The average Bonchev–Trinajstić information content (AvgIpc) is 2.77. The maximum absolute atomic E-state index is 12.5. The largest absolute Gasteiger partial charge is 0.493 e. The number of anilines is 1. The highest BCUT2D eigenvalue weighted by Crippen LogP contribution is 2.38. The summed E-state index contributed by atoms with van der Waals surface area (Å²) in [7, 11) is 3.25. The summed E-state index contributed by atoms with van der Waals surface area (Å²) in [6.07, 6.45) is 0.827. The van der Waals surface area contributed by atoms with Crippen LogP contribution in [0.2, 0.25) is 0 Å². The maximum atomic E-state index is 12.5. The molecule has 7 nitrogen and oxygen atoms in total. The quantitative estimate of drug-likeness (QED) is 0.594. The number of nitrogens with one attached hydrogen (secondary N) is 3. The minimum atomic E-state index is -0.259. The molecule has 1 unspecified atom stereocenters. The van der Waals surface area contributed by atoms with Gasteiger partial charge in [-0.05, 0) is 67.9 Å². The highest BCUT2D eigenvalue weighted by atomic mass is 32.1. The smallest absolute Gasteiger partial charge is 0.319 e. The number of benzene rings is 2. The molecule has 2 aromatic rings. The molecule has 3 N–H and O–H groups in total. The van der Waals surface area contributed by atoms with Gasteiger partial charge in [0.2, 0.25) is 0 Å². The summed E-state index contributed by atoms with van der Waals surface area (Å²) in [5.41, 5.74) is 4.12. The molecule has 8 heteroatoms. The Morgan fingerprint density at radius 2 is 1.81 bits per heavy atom. The predicted molar refractivity (Wildman–Crippen MR) is 127 cm³/mol. The zero-order valence-corrected chi connectivity index (χ0v) is 19.3. The first kappa shape index (κ1) is 22.7. The fourth-order valence-electron chi connectivity index (χ4n) is 3.75. The van der Waals surface area contributed by atoms with Crippen molar-refractivity contribution in [1.29, 1.82) is 0 Å². The first-order valence-electron chi connectivity index (χ1n) is 10.4. The predicted octanol–water partition coefficient (Wildman–Crippen LogP) is 3.63. The van der Waals surface area contributed by atoms with Crippen LogP contribution >= 0.6 is 12.2 Å². The van der Waals surface area contributed by atoms with Crippen LogP contribution < -0.4 is 25.4 Å². The minimum Gasteiger partial charge on any atom is -0.493 e. The van der Waals surface area contributed by atoms with Gasteiger partial charge in [0.25, 0.3) is 0 Å². The van der Waals surface area contributed by atoms with Gasteiger partial charge in [-0.3, -0.25) is 0 Å². The third kappa shape index (κ3) is 5.38. The molecule has 0 radical (unpaired) electrons. The summed E-state index contributed by atoms with van der Waals surface area (Å²) in [6.45, 7) is 5.91. The molecule has 1 atom stereocenters. The summed E-state index contributed by atoms with van der Waals surface area (Å²) in [5.74, 6) is 1.36. The number of rotatable bonds is 6. The molecular formula is C23H30N4O3S. The number of aryl methyl sites for hydroxylation is 1. The van der Waals surface area contributed by atoms with Crippen LogP contribution in [0.4, 0.5) is 10.5 Å². The molecule has 1 heterocycles. The van der Waals surface area contributed by atoms with E-state index in [1.165, 1.54) is 5.56 Å². The van der Waals surface area contributed by atoms with Gasteiger partial charge in [0, 0.05) is 25.3 Å². The molecule has 0 fully saturated rings. The lowest BCUT2D eigenvalue weighted by atomic mass is 9.92. The Balaban J connectivity index is 1.81. The molecule has 1 aliphatic rings. The third-order valence-corrected chi connectivity index (χ3v) is 5.74. The fourth-order valence-corrected chi connectivity index (χ4v) is 4.11. The van der Waals surface area contributed by atoms with Crippen LogP contribution in [-0.4, -0.2) is 49.9 Å². The third-order valence-electron chi connectivity index (χ3n) is 5.36. The number of amides is 2. The van der Waals surface area contributed by atoms with Gasteiger partial charge >= 0.3 is 6.03 Å². The molecule has 166 valence electrons. The summed E-state index contributed by atoms with van der Waals surface area (Å²) in [4.78, 5) is 14.7. The van der Waals surface area contributed by atoms with Crippen LogP contribution in [-0.2, 0) is 6.42 Å². The number of hydrogen-bond acceptors (Lipinski definition) is 4. The summed E-state index contributed by atoms with van der Waals surface area (Å²) >= 11 is 5.62. The molecule has 0 aliphatic carbocycles. The zero-order valence-electron chi connectivity index (χ0n) is 18.5. The van der Waals surface area contributed by atoms with E-state index in [0.29, 0.717) is 23.2 Å². The van der Waals surface area contributed by atoms with Gasteiger partial charge in [0.05, 0.1) is 20.3 Å². The van der Waals surface area contributed by atoms with Crippen molar-refractivity contribution in [2.24, 2.45) is 0 Å². The summed E-state index contributed by atoms with van der Waals surface area (Å²) in [6, 6.07) is 11.3. The van der Waals surface area contributed by atoms with E-state index in [9.17, 15) is 4.79 Å². The van der Waals surface area contributed by atoms with Crippen LogP contribution in [0.3, 0.4) is 0 Å². The van der Waals surface area contributed by atoms with Crippen LogP contribution in [0.5, 0.6) is 11.5 Å². The number of ether oxygens (including phenoxy) is 2. The Labute approximate surface area is 189 Å². The van der Waals surface area contributed by atoms with E-state index in [2.05, 4.69) is 20.9 Å². The Bertz CT molecular complexity index is 933. The zero-order chi connectivity index (χ0) is 22.4. The molecule has 3 rings (SSSR count). The highest BCUT2D eigenvalue weighted by molar-refractivity contribution is 7.80. The van der Waals surface area contributed by atoms with Gasteiger partial charge in [-0.1, -0.05) is 17.7 Å². The van der Waals surface area contributed by atoms with Crippen molar-refractivity contribution in [2.45, 2.75) is 26.3 Å². The standard InChI is InChI=1S/C23H30N4O3S/c1-5-24-23(31)27-11-10-16-12-20(29-3)21(30-4)13-18(16)19(27)14-25-22(28)26-17-8-6-15(2)7-9-17/h6-9,12-13,19H,5,10-11,14H2,1-4H3,(H,24,31)(H2,25,26,28). The second kappa shape index (κ2) is 10.3. The van der Waals surface area contributed by atoms with Crippen molar-refractivity contribution in [3.63, 3.8) is 0 Å². The molecule has 31 heavy (non-hydrogen) atoms.